The van der Waals surface area contributed by atoms with Gasteiger partial charge in [-0.25, -0.2) is 4.39 Å². The number of ether oxygens (including phenoxy) is 1. The van der Waals surface area contributed by atoms with Crippen molar-refractivity contribution in [2.75, 3.05) is 13.2 Å². The van der Waals surface area contributed by atoms with Gasteiger partial charge < -0.3 is 14.4 Å². The fourth-order valence-corrected chi connectivity index (χ4v) is 3.94. The largest absolute Gasteiger partial charge is 0.390 e. The highest BCUT2D eigenvalue weighted by Crippen LogP contribution is 2.32. The number of halogens is 2. The van der Waals surface area contributed by atoms with Crippen molar-refractivity contribution in [3.8, 4) is 0 Å². The fraction of sp³-hybridized carbons (Fsp3) is 0.471. The van der Waals surface area contributed by atoms with Crippen LogP contribution >= 0.6 is 15.9 Å². The van der Waals surface area contributed by atoms with Crippen molar-refractivity contribution < 1.29 is 14.2 Å². The van der Waals surface area contributed by atoms with E-state index in [9.17, 15) is 14.3 Å². The van der Waals surface area contributed by atoms with Crippen molar-refractivity contribution in [2.24, 2.45) is 0 Å². The van der Waals surface area contributed by atoms with Crippen molar-refractivity contribution in [3.63, 3.8) is 0 Å². The summed E-state index contributed by atoms with van der Waals surface area (Å²) in [5, 5.41) is 10.0. The molecule has 0 unspecified atom stereocenters. The lowest BCUT2D eigenvalue weighted by molar-refractivity contribution is 0.150. The van der Waals surface area contributed by atoms with Crippen molar-refractivity contribution in [2.45, 2.75) is 39.3 Å². The van der Waals surface area contributed by atoms with Crippen molar-refractivity contribution in [1.29, 1.82) is 0 Å². The molecule has 0 spiro atoms. The van der Waals surface area contributed by atoms with E-state index in [2.05, 4.69) is 15.9 Å². The normalized spacial score (nSPS) is 13.7. The number of aliphatic hydroxyl groups is 1. The van der Waals surface area contributed by atoms with Crippen LogP contribution in [0.5, 0.6) is 0 Å². The fourth-order valence-electron chi connectivity index (χ4n) is 3.39. The van der Waals surface area contributed by atoms with Gasteiger partial charge in [0, 0.05) is 13.2 Å². The van der Waals surface area contributed by atoms with E-state index in [-0.39, 0.29) is 17.9 Å². The van der Waals surface area contributed by atoms with E-state index < -0.39 is 0 Å². The summed E-state index contributed by atoms with van der Waals surface area (Å²) < 4.78 is 22.2. The molecule has 6 heteroatoms. The van der Waals surface area contributed by atoms with E-state index in [1.807, 2.05) is 11.5 Å². The number of benzene rings is 1. The second-order valence-electron chi connectivity index (χ2n) is 5.66. The molecule has 1 aromatic heterocycles. The number of aryl methyl sites for hydroxylation is 2. The lowest BCUT2D eigenvalue weighted by Crippen LogP contribution is -2.23. The molecule has 4 nitrogen and oxygen atoms in total. The Labute approximate surface area is 142 Å². The summed E-state index contributed by atoms with van der Waals surface area (Å²) in [5.41, 5.74) is 2.57. The van der Waals surface area contributed by atoms with E-state index in [1.54, 1.807) is 0 Å². The quantitative estimate of drug-likeness (QED) is 0.807. The van der Waals surface area contributed by atoms with Crippen LogP contribution < -0.4 is 5.43 Å². The van der Waals surface area contributed by atoms with E-state index in [1.165, 1.54) is 6.07 Å². The highest BCUT2D eigenvalue weighted by molar-refractivity contribution is 9.10. The Morgan fingerprint density at radius 2 is 2.26 bits per heavy atom. The van der Waals surface area contributed by atoms with Gasteiger partial charge in [0.1, 0.15) is 5.82 Å². The third-order valence-electron chi connectivity index (χ3n) is 4.42. The molecular weight excluding hydrogens is 365 g/mol. The summed E-state index contributed by atoms with van der Waals surface area (Å²) in [6.45, 7) is 3.45. The van der Waals surface area contributed by atoms with E-state index in [4.69, 9.17) is 4.74 Å². The molecule has 124 valence electrons. The van der Waals surface area contributed by atoms with Gasteiger partial charge in [0.15, 0.2) is 0 Å². The van der Waals surface area contributed by atoms with Crippen molar-refractivity contribution >= 4 is 26.8 Å². The summed E-state index contributed by atoms with van der Waals surface area (Å²) in [6, 6.07) is 1.33. The first-order valence-electron chi connectivity index (χ1n) is 7.83. The van der Waals surface area contributed by atoms with E-state index in [0.717, 1.165) is 30.5 Å². The predicted octanol–water partition coefficient (Wildman–Crippen LogP) is 2.92. The Bertz CT molecular complexity index is 816. The number of hydrogen-bond acceptors (Lipinski definition) is 3. The first kappa shape index (κ1) is 16.6. The smallest absolute Gasteiger partial charge is 0.204 e. The molecule has 23 heavy (non-hydrogen) atoms. The molecule has 1 N–H and O–H groups in total. The molecule has 1 aliphatic heterocycles. The summed E-state index contributed by atoms with van der Waals surface area (Å²) in [6.07, 6.45) is 2.08. The maximum Gasteiger partial charge on any atom is 0.204 e. The number of nitrogens with zero attached hydrogens (tertiary/aromatic N) is 1. The van der Waals surface area contributed by atoms with Crippen LogP contribution in [0.25, 0.3) is 10.9 Å². The molecule has 2 aromatic rings. The Hall–Kier alpha value is -1.24. The van der Waals surface area contributed by atoms with Gasteiger partial charge in [-0.3, -0.25) is 4.79 Å². The maximum atomic E-state index is 14.6. The molecule has 0 atom stereocenters. The second-order valence-corrected chi connectivity index (χ2v) is 6.45. The first-order valence-corrected chi connectivity index (χ1v) is 8.63. The van der Waals surface area contributed by atoms with Crippen molar-refractivity contribution in [1.82, 2.24) is 4.57 Å². The first-order chi connectivity index (χ1) is 11.1. The zero-order valence-corrected chi connectivity index (χ0v) is 14.6. The lowest BCUT2D eigenvalue weighted by atomic mass is 9.93. The van der Waals surface area contributed by atoms with Gasteiger partial charge >= 0.3 is 0 Å². The summed E-state index contributed by atoms with van der Waals surface area (Å²) >= 11 is 3.26. The molecule has 0 bridgehead atoms. The number of pyridine rings is 1. The SMILES string of the molecule is CCOCCc1c(F)cc2c(=O)c(Br)c(CO)n3c2c1CCC3. The van der Waals surface area contributed by atoms with Crippen LogP contribution in [-0.4, -0.2) is 22.9 Å². The van der Waals surface area contributed by atoms with E-state index >= 15 is 0 Å². The zero-order valence-electron chi connectivity index (χ0n) is 13.0. The van der Waals surface area contributed by atoms with Gasteiger partial charge in [-0.1, -0.05) is 0 Å². The molecule has 0 saturated heterocycles. The molecule has 1 aromatic carbocycles. The molecule has 0 saturated carbocycles. The minimum atomic E-state index is -0.346. The molecule has 0 radical (unpaired) electrons. The number of rotatable bonds is 5. The Morgan fingerprint density at radius 1 is 1.48 bits per heavy atom. The standard InChI is InChI=1S/C17H19BrFNO3/c1-2-23-7-5-10-11-4-3-6-20-14(9-21)15(18)17(22)12(16(11)20)8-13(10)19/h8,21H,2-7,9H2,1H3. The van der Waals surface area contributed by atoms with Crippen LogP contribution in [0, 0.1) is 5.82 Å². The molecular formula is C17H19BrFNO3. The molecule has 2 heterocycles. The van der Waals surface area contributed by atoms with Crippen LogP contribution in [0.2, 0.25) is 0 Å². The lowest BCUT2D eigenvalue weighted by Gasteiger charge is -2.26. The molecule has 0 amide bonds. The topological polar surface area (TPSA) is 51.5 Å². The summed E-state index contributed by atoms with van der Waals surface area (Å²) in [7, 11) is 0. The second kappa shape index (κ2) is 6.71. The van der Waals surface area contributed by atoms with Gasteiger partial charge in [-0.15, -0.1) is 0 Å². The molecule has 3 rings (SSSR count). The monoisotopic (exact) mass is 383 g/mol. The Balaban J connectivity index is 2.30. The highest BCUT2D eigenvalue weighted by atomic mass is 79.9. The Morgan fingerprint density at radius 3 is 2.96 bits per heavy atom. The molecule has 0 fully saturated rings. The van der Waals surface area contributed by atoms with Crippen molar-refractivity contribution in [3.05, 3.63) is 43.4 Å². The van der Waals surface area contributed by atoms with Gasteiger partial charge in [0.2, 0.25) is 5.43 Å². The van der Waals surface area contributed by atoms with Crippen LogP contribution in [-0.2, 0) is 30.7 Å². The number of aliphatic hydroxyl groups excluding tert-OH is 1. The number of aromatic nitrogens is 1. The molecule has 0 aliphatic carbocycles. The average Bonchev–Trinajstić information content (AvgIpc) is 2.55. The molecule has 1 aliphatic rings. The van der Waals surface area contributed by atoms with Crippen LogP contribution in [0.1, 0.15) is 30.2 Å². The third kappa shape index (κ3) is 2.73. The summed E-state index contributed by atoms with van der Waals surface area (Å²) in [4.78, 5) is 12.5. The van der Waals surface area contributed by atoms with Crippen LogP contribution in [0.3, 0.4) is 0 Å². The number of hydrogen-bond donors (Lipinski definition) is 1. The minimum absolute atomic E-state index is 0.225. The zero-order chi connectivity index (χ0) is 16.6. The average molecular weight is 384 g/mol. The van der Waals surface area contributed by atoms with Gasteiger partial charge in [-0.2, -0.15) is 0 Å². The predicted molar refractivity (Wildman–Crippen MR) is 90.3 cm³/mol. The third-order valence-corrected chi connectivity index (χ3v) is 5.23. The minimum Gasteiger partial charge on any atom is -0.390 e. The maximum absolute atomic E-state index is 14.6. The van der Waals surface area contributed by atoms with Crippen LogP contribution in [0.15, 0.2) is 15.3 Å². The van der Waals surface area contributed by atoms with Gasteiger partial charge in [0.05, 0.1) is 34.3 Å². The summed E-state index contributed by atoms with van der Waals surface area (Å²) in [5.74, 6) is -0.346. The van der Waals surface area contributed by atoms with Gasteiger partial charge in [-0.05, 0) is 59.3 Å². The highest BCUT2D eigenvalue weighted by Gasteiger charge is 2.24. The van der Waals surface area contributed by atoms with Crippen LogP contribution in [0.4, 0.5) is 4.39 Å². The van der Waals surface area contributed by atoms with E-state index in [0.29, 0.717) is 40.8 Å². The van der Waals surface area contributed by atoms with Gasteiger partial charge in [0.25, 0.3) is 0 Å². The Kier molecular flexibility index (Phi) is 4.85.